The fourth-order valence-electron chi connectivity index (χ4n) is 2.21. The Hall–Kier alpha value is -2.49. The highest BCUT2D eigenvalue weighted by atomic mass is 16.3. The third-order valence-electron chi connectivity index (χ3n) is 3.03. The van der Waals surface area contributed by atoms with Gasteiger partial charge in [0.15, 0.2) is 0 Å². The predicted molar refractivity (Wildman–Crippen MR) is 71.9 cm³/mol. The number of aromatic nitrogens is 2. The van der Waals surface area contributed by atoms with Crippen LogP contribution in [0.3, 0.4) is 0 Å². The molecule has 1 heterocycles. The van der Waals surface area contributed by atoms with Gasteiger partial charge in [-0.05, 0) is 30.7 Å². The van der Waals surface area contributed by atoms with E-state index < -0.39 is 0 Å². The van der Waals surface area contributed by atoms with E-state index in [1.165, 1.54) is 0 Å². The zero-order chi connectivity index (χ0) is 12.7. The van der Waals surface area contributed by atoms with Gasteiger partial charge >= 0.3 is 0 Å². The summed E-state index contributed by atoms with van der Waals surface area (Å²) in [6.07, 6.45) is 0. The molecule has 1 aromatic heterocycles. The molecular formula is C14H13N3O. The molecule has 0 bridgehead atoms. The molecule has 3 rings (SSSR count). The lowest BCUT2D eigenvalue weighted by Crippen LogP contribution is -2.02. The lowest BCUT2D eigenvalue weighted by molar-refractivity contribution is 0.472. The number of hydrogen-bond acceptors (Lipinski definition) is 3. The van der Waals surface area contributed by atoms with Gasteiger partial charge in [0, 0.05) is 0 Å². The van der Waals surface area contributed by atoms with Crippen molar-refractivity contribution in [3.63, 3.8) is 0 Å². The highest BCUT2D eigenvalue weighted by molar-refractivity contribution is 5.81. The van der Waals surface area contributed by atoms with Gasteiger partial charge in [-0.1, -0.05) is 24.3 Å². The van der Waals surface area contributed by atoms with Crippen LogP contribution in [0.15, 0.2) is 42.5 Å². The summed E-state index contributed by atoms with van der Waals surface area (Å²) in [5, 5.41) is 10.0. The second-order valence-corrected chi connectivity index (χ2v) is 4.24. The van der Waals surface area contributed by atoms with E-state index in [4.69, 9.17) is 5.73 Å². The van der Waals surface area contributed by atoms with Crippen molar-refractivity contribution in [2.45, 2.75) is 6.92 Å². The summed E-state index contributed by atoms with van der Waals surface area (Å²) in [5.74, 6) is 0.575. The van der Waals surface area contributed by atoms with Crippen molar-refractivity contribution in [3.05, 3.63) is 48.0 Å². The minimum absolute atomic E-state index is 0.199. The van der Waals surface area contributed by atoms with Crippen LogP contribution in [0.5, 0.6) is 5.75 Å². The van der Waals surface area contributed by atoms with Crippen molar-refractivity contribution in [3.8, 4) is 11.4 Å². The number of nitrogen functional groups attached to an aromatic ring is 1. The number of phenols is 1. The maximum atomic E-state index is 10.0. The van der Waals surface area contributed by atoms with Crippen LogP contribution < -0.4 is 5.73 Å². The van der Waals surface area contributed by atoms with Crippen molar-refractivity contribution in [1.29, 1.82) is 0 Å². The monoisotopic (exact) mass is 239 g/mol. The van der Waals surface area contributed by atoms with Gasteiger partial charge in [-0.15, -0.1) is 0 Å². The summed E-state index contributed by atoms with van der Waals surface area (Å²) < 4.78 is 1.78. The standard InChI is InChI=1S/C14H13N3O/c1-9-5-4-8-12(18)13(9)17-11-7-3-2-6-10(11)16-14(17)15/h2-8,18H,1H3,(H2,15,16). The number of aryl methyl sites for hydroxylation is 1. The van der Waals surface area contributed by atoms with Crippen LogP contribution in [0.2, 0.25) is 0 Å². The molecule has 0 saturated heterocycles. The van der Waals surface area contributed by atoms with E-state index in [1.54, 1.807) is 10.6 Å². The smallest absolute Gasteiger partial charge is 0.206 e. The number of benzene rings is 2. The molecule has 0 radical (unpaired) electrons. The van der Waals surface area contributed by atoms with Crippen LogP contribution in [0.25, 0.3) is 16.7 Å². The normalized spacial score (nSPS) is 10.9. The molecule has 4 nitrogen and oxygen atoms in total. The lowest BCUT2D eigenvalue weighted by atomic mass is 10.1. The van der Waals surface area contributed by atoms with Crippen molar-refractivity contribution >= 4 is 17.0 Å². The minimum atomic E-state index is 0.199. The average Bonchev–Trinajstić information content (AvgIpc) is 2.66. The molecule has 2 aromatic carbocycles. The minimum Gasteiger partial charge on any atom is -0.506 e. The molecule has 0 amide bonds. The zero-order valence-electron chi connectivity index (χ0n) is 9.96. The fraction of sp³-hybridized carbons (Fsp3) is 0.0714. The number of rotatable bonds is 1. The number of aromatic hydroxyl groups is 1. The number of phenolic OH excluding ortho intramolecular Hbond substituents is 1. The van der Waals surface area contributed by atoms with Crippen LogP contribution in [-0.2, 0) is 0 Å². The first-order chi connectivity index (χ1) is 8.68. The topological polar surface area (TPSA) is 64.1 Å². The lowest BCUT2D eigenvalue weighted by Gasteiger charge is -2.11. The Balaban J connectivity index is 2.42. The highest BCUT2D eigenvalue weighted by Gasteiger charge is 2.14. The van der Waals surface area contributed by atoms with E-state index in [9.17, 15) is 5.11 Å². The first-order valence-electron chi connectivity index (χ1n) is 5.70. The third kappa shape index (κ3) is 1.43. The van der Waals surface area contributed by atoms with Gasteiger partial charge in [0.2, 0.25) is 5.95 Å². The summed E-state index contributed by atoms with van der Waals surface area (Å²) in [5.41, 5.74) is 9.30. The van der Waals surface area contributed by atoms with Gasteiger partial charge < -0.3 is 10.8 Å². The van der Waals surface area contributed by atoms with E-state index in [2.05, 4.69) is 4.98 Å². The maximum Gasteiger partial charge on any atom is 0.206 e. The third-order valence-corrected chi connectivity index (χ3v) is 3.03. The number of anilines is 1. The fourth-order valence-corrected chi connectivity index (χ4v) is 2.21. The molecule has 18 heavy (non-hydrogen) atoms. The van der Waals surface area contributed by atoms with E-state index in [0.29, 0.717) is 11.6 Å². The Morgan fingerprint density at radius 1 is 1.11 bits per heavy atom. The van der Waals surface area contributed by atoms with Crippen LogP contribution in [0.4, 0.5) is 5.95 Å². The molecule has 0 atom stereocenters. The van der Waals surface area contributed by atoms with Crippen molar-refractivity contribution in [2.24, 2.45) is 0 Å². The van der Waals surface area contributed by atoms with E-state index in [0.717, 1.165) is 16.6 Å². The van der Waals surface area contributed by atoms with Crippen LogP contribution in [-0.4, -0.2) is 14.7 Å². The van der Waals surface area contributed by atoms with Gasteiger partial charge in [-0.25, -0.2) is 4.98 Å². The van der Waals surface area contributed by atoms with Crippen LogP contribution in [0, 0.1) is 6.92 Å². The van der Waals surface area contributed by atoms with E-state index in [1.807, 2.05) is 43.3 Å². The zero-order valence-corrected chi connectivity index (χ0v) is 9.96. The Labute approximate surface area is 104 Å². The molecule has 0 aliphatic rings. The molecule has 0 saturated carbocycles. The number of hydrogen-bond donors (Lipinski definition) is 2. The largest absolute Gasteiger partial charge is 0.506 e. The number of nitrogens with two attached hydrogens (primary N) is 1. The molecular weight excluding hydrogens is 226 g/mol. The molecule has 0 aliphatic heterocycles. The summed E-state index contributed by atoms with van der Waals surface area (Å²) in [7, 11) is 0. The van der Waals surface area contributed by atoms with Gasteiger partial charge in [0.1, 0.15) is 5.75 Å². The van der Waals surface area contributed by atoms with E-state index >= 15 is 0 Å². The quantitative estimate of drug-likeness (QED) is 0.686. The summed E-state index contributed by atoms with van der Waals surface area (Å²) in [4.78, 5) is 4.30. The summed E-state index contributed by atoms with van der Waals surface area (Å²) in [6.45, 7) is 1.93. The van der Waals surface area contributed by atoms with Gasteiger partial charge in [0.25, 0.3) is 0 Å². The number of imidazole rings is 1. The molecule has 0 unspecified atom stereocenters. The van der Waals surface area contributed by atoms with E-state index in [-0.39, 0.29) is 5.75 Å². The maximum absolute atomic E-state index is 10.0. The predicted octanol–water partition coefficient (Wildman–Crippen LogP) is 2.62. The van der Waals surface area contributed by atoms with Crippen LogP contribution in [0.1, 0.15) is 5.56 Å². The van der Waals surface area contributed by atoms with Crippen molar-refractivity contribution in [2.75, 3.05) is 5.73 Å². The van der Waals surface area contributed by atoms with Crippen molar-refractivity contribution in [1.82, 2.24) is 9.55 Å². The van der Waals surface area contributed by atoms with Gasteiger partial charge in [-0.2, -0.15) is 0 Å². The molecule has 90 valence electrons. The molecule has 3 aromatic rings. The first-order valence-corrected chi connectivity index (χ1v) is 5.70. The van der Waals surface area contributed by atoms with Gasteiger partial charge in [0.05, 0.1) is 16.7 Å². The summed E-state index contributed by atoms with van der Waals surface area (Å²) >= 11 is 0. The first kappa shape index (κ1) is 10.7. The average molecular weight is 239 g/mol. The van der Waals surface area contributed by atoms with Crippen molar-refractivity contribution < 1.29 is 5.11 Å². The Kier molecular flexibility index (Phi) is 2.23. The van der Waals surface area contributed by atoms with Gasteiger partial charge in [-0.3, -0.25) is 4.57 Å². The molecule has 0 spiro atoms. The Morgan fingerprint density at radius 3 is 2.67 bits per heavy atom. The Bertz CT molecular complexity index is 711. The summed E-state index contributed by atoms with van der Waals surface area (Å²) in [6, 6.07) is 13.1. The highest BCUT2D eigenvalue weighted by Crippen LogP contribution is 2.31. The van der Waals surface area contributed by atoms with Crippen LogP contribution >= 0.6 is 0 Å². The molecule has 3 N–H and O–H groups in total. The second-order valence-electron chi connectivity index (χ2n) is 4.24. The number of fused-ring (bicyclic) bond motifs is 1. The molecule has 4 heteroatoms. The molecule has 0 fully saturated rings. The number of nitrogens with zero attached hydrogens (tertiary/aromatic N) is 2. The number of para-hydroxylation sites is 3. The molecule has 0 aliphatic carbocycles. The second kappa shape index (κ2) is 3.77. The SMILES string of the molecule is Cc1cccc(O)c1-n1c(N)nc2ccccc21. The Morgan fingerprint density at radius 2 is 1.89 bits per heavy atom.